The Morgan fingerprint density at radius 3 is 2.60 bits per heavy atom. The average molecular weight is 278 g/mol. The number of hydrogen-bond donors (Lipinski definition) is 1. The van der Waals surface area contributed by atoms with Gasteiger partial charge in [-0.2, -0.15) is 0 Å². The lowest BCUT2D eigenvalue weighted by atomic mass is 9.82. The Morgan fingerprint density at radius 1 is 1.45 bits per heavy atom. The van der Waals surface area contributed by atoms with Gasteiger partial charge in [0, 0.05) is 30.0 Å². The van der Waals surface area contributed by atoms with Crippen LogP contribution in [-0.2, 0) is 6.54 Å². The number of ketones is 1. The zero-order valence-electron chi connectivity index (χ0n) is 13.0. The molecular weight excluding hydrogens is 252 g/mol. The number of hydrogen-bond acceptors (Lipinski definition) is 3. The molecule has 0 spiro atoms. The lowest BCUT2D eigenvalue weighted by molar-refractivity contribution is 0.0286. The van der Waals surface area contributed by atoms with Crippen LogP contribution < -0.4 is 0 Å². The first-order valence-corrected chi connectivity index (χ1v) is 7.48. The van der Waals surface area contributed by atoms with Crippen LogP contribution in [0.1, 0.15) is 41.5 Å². The van der Waals surface area contributed by atoms with E-state index in [4.69, 9.17) is 0 Å². The quantitative estimate of drug-likeness (QED) is 0.810. The molecule has 0 saturated heterocycles. The van der Waals surface area contributed by atoms with E-state index in [0.717, 1.165) is 42.9 Å². The Morgan fingerprint density at radius 2 is 2.10 bits per heavy atom. The van der Waals surface area contributed by atoms with Crippen LogP contribution in [0.5, 0.6) is 0 Å². The molecule has 0 amide bonds. The maximum atomic E-state index is 12.4. The highest BCUT2D eigenvalue weighted by atomic mass is 16.3. The molecule has 2 rings (SSSR count). The fourth-order valence-corrected chi connectivity index (χ4v) is 3.26. The molecule has 1 aromatic heterocycles. The smallest absolute Gasteiger partial charge is 0.178 e. The molecule has 1 aromatic rings. The SMILES string of the molecule is CCn1c(C)cc(C(=O)CN(C)CC2CC(O)C2)c1C. The molecule has 1 aliphatic rings. The van der Waals surface area contributed by atoms with Gasteiger partial charge >= 0.3 is 0 Å². The summed E-state index contributed by atoms with van der Waals surface area (Å²) in [6, 6.07) is 2.00. The van der Waals surface area contributed by atoms with Crippen LogP contribution in [0.3, 0.4) is 0 Å². The molecule has 0 atom stereocenters. The second kappa shape index (κ2) is 6.10. The highest BCUT2D eigenvalue weighted by Crippen LogP contribution is 2.27. The first kappa shape index (κ1) is 15.3. The summed E-state index contributed by atoms with van der Waals surface area (Å²) in [7, 11) is 1.99. The standard InChI is InChI=1S/C16H26N2O2/c1-5-18-11(2)6-15(12(18)3)16(20)10-17(4)9-13-7-14(19)8-13/h6,13-14,19H,5,7-10H2,1-4H3. The predicted octanol–water partition coefficient (Wildman–Crippen LogP) is 2.01. The molecule has 1 fully saturated rings. The maximum absolute atomic E-state index is 12.4. The Balaban J connectivity index is 1.94. The molecule has 112 valence electrons. The lowest BCUT2D eigenvalue weighted by Crippen LogP contribution is -2.38. The van der Waals surface area contributed by atoms with Gasteiger partial charge in [0.15, 0.2) is 5.78 Å². The molecule has 0 unspecified atom stereocenters. The fraction of sp³-hybridized carbons (Fsp3) is 0.688. The summed E-state index contributed by atoms with van der Waals surface area (Å²) >= 11 is 0. The molecule has 0 aliphatic heterocycles. The minimum atomic E-state index is -0.118. The molecule has 0 aromatic carbocycles. The topological polar surface area (TPSA) is 45.5 Å². The van der Waals surface area contributed by atoms with E-state index in [1.807, 2.05) is 27.0 Å². The van der Waals surface area contributed by atoms with Crippen molar-refractivity contribution in [1.82, 2.24) is 9.47 Å². The third-order valence-electron chi connectivity index (χ3n) is 4.38. The summed E-state index contributed by atoms with van der Waals surface area (Å²) in [5.41, 5.74) is 3.07. The third kappa shape index (κ3) is 3.13. The van der Waals surface area contributed by atoms with Crippen molar-refractivity contribution < 1.29 is 9.90 Å². The first-order valence-electron chi connectivity index (χ1n) is 7.48. The number of Topliss-reactive ketones (excluding diaryl/α,β-unsaturated/α-hetero) is 1. The van der Waals surface area contributed by atoms with Crippen LogP contribution in [0.4, 0.5) is 0 Å². The van der Waals surface area contributed by atoms with Gasteiger partial charge in [0.05, 0.1) is 12.6 Å². The van der Waals surface area contributed by atoms with E-state index in [-0.39, 0.29) is 11.9 Å². The summed E-state index contributed by atoms with van der Waals surface area (Å²) in [5, 5.41) is 9.30. The molecule has 4 nitrogen and oxygen atoms in total. The van der Waals surface area contributed by atoms with Crippen molar-refractivity contribution in [3.8, 4) is 0 Å². The second-order valence-electron chi connectivity index (χ2n) is 6.14. The molecule has 1 heterocycles. The number of aliphatic hydroxyl groups excluding tert-OH is 1. The van der Waals surface area contributed by atoms with E-state index in [0.29, 0.717) is 12.5 Å². The van der Waals surface area contributed by atoms with Crippen LogP contribution in [0.2, 0.25) is 0 Å². The minimum absolute atomic E-state index is 0.118. The fourth-order valence-electron chi connectivity index (χ4n) is 3.26. The Hall–Kier alpha value is -1.13. The normalized spacial score (nSPS) is 22.1. The predicted molar refractivity (Wildman–Crippen MR) is 80.1 cm³/mol. The van der Waals surface area contributed by atoms with Crippen LogP contribution in [0.25, 0.3) is 0 Å². The zero-order valence-corrected chi connectivity index (χ0v) is 13.0. The molecule has 1 saturated carbocycles. The Bertz CT molecular complexity index is 487. The zero-order chi connectivity index (χ0) is 14.9. The summed E-state index contributed by atoms with van der Waals surface area (Å²) in [6.45, 7) is 8.43. The summed E-state index contributed by atoms with van der Waals surface area (Å²) in [6.07, 6.45) is 1.64. The molecule has 0 bridgehead atoms. The van der Waals surface area contributed by atoms with Crippen LogP contribution in [0.15, 0.2) is 6.07 Å². The number of aryl methyl sites for hydroxylation is 1. The summed E-state index contributed by atoms with van der Waals surface area (Å²) in [5.74, 6) is 0.742. The molecule has 0 radical (unpaired) electrons. The molecule has 1 N–H and O–H groups in total. The summed E-state index contributed by atoms with van der Waals surface area (Å²) < 4.78 is 2.18. The maximum Gasteiger partial charge on any atom is 0.178 e. The molecule has 1 aliphatic carbocycles. The number of aliphatic hydroxyl groups is 1. The van der Waals surface area contributed by atoms with Crippen molar-refractivity contribution in [3.63, 3.8) is 0 Å². The number of rotatable bonds is 6. The largest absolute Gasteiger partial charge is 0.393 e. The van der Waals surface area contributed by atoms with E-state index in [2.05, 4.69) is 16.4 Å². The van der Waals surface area contributed by atoms with Gasteiger partial charge in [-0.05, 0) is 52.6 Å². The van der Waals surface area contributed by atoms with E-state index in [1.54, 1.807) is 0 Å². The number of carbonyl (C=O) groups is 1. The monoisotopic (exact) mass is 278 g/mol. The van der Waals surface area contributed by atoms with Gasteiger partial charge in [0.1, 0.15) is 0 Å². The Labute approximate surface area is 121 Å². The number of carbonyl (C=O) groups excluding carboxylic acids is 1. The number of nitrogens with zero attached hydrogens (tertiary/aromatic N) is 2. The number of aromatic nitrogens is 1. The minimum Gasteiger partial charge on any atom is -0.393 e. The second-order valence-corrected chi connectivity index (χ2v) is 6.14. The van der Waals surface area contributed by atoms with Crippen LogP contribution >= 0.6 is 0 Å². The van der Waals surface area contributed by atoms with E-state index >= 15 is 0 Å². The molecule has 4 heteroatoms. The highest BCUT2D eigenvalue weighted by molar-refractivity contribution is 5.99. The van der Waals surface area contributed by atoms with Gasteiger partial charge < -0.3 is 9.67 Å². The summed E-state index contributed by atoms with van der Waals surface area (Å²) in [4.78, 5) is 14.5. The van der Waals surface area contributed by atoms with Crippen molar-refractivity contribution in [3.05, 3.63) is 23.0 Å². The molecule has 20 heavy (non-hydrogen) atoms. The average Bonchev–Trinajstić information content (AvgIpc) is 2.62. The number of likely N-dealkylation sites (N-methyl/N-ethyl adjacent to an activating group) is 1. The van der Waals surface area contributed by atoms with Crippen LogP contribution in [0, 0.1) is 19.8 Å². The van der Waals surface area contributed by atoms with E-state index in [9.17, 15) is 9.90 Å². The third-order valence-corrected chi connectivity index (χ3v) is 4.38. The highest BCUT2D eigenvalue weighted by Gasteiger charge is 2.28. The van der Waals surface area contributed by atoms with Gasteiger partial charge in [-0.25, -0.2) is 0 Å². The van der Waals surface area contributed by atoms with Crippen molar-refractivity contribution in [2.24, 2.45) is 5.92 Å². The van der Waals surface area contributed by atoms with Crippen LogP contribution in [-0.4, -0.2) is 46.6 Å². The van der Waals surface area contributed by atoms with Gasteiger partial charge in [0.2, 0.25) is 0 Å². The first-order chi connectivity index (χ1) is 9.42. The van der Waals surface area contributed by atoms with Gasteiger partial charge in [0.25, 0.3) is 0 Å². The van der Waals surface area contributed by atoms with Gasteiger partial charge in [-0.1, -0.05) is 0 Å². The van der Waals surface area contributed by atoms with E-state index < -0.39 is 0 Å². The Kier molecular flexibility index (Phi) is 4.66. The van der Waals surface area contributed by atoms with Crippen molar-refractivity contribution in [2.75, 3.05) is 20.1 Å². The van der Waals surface area contributed by atoms with Crippen molar-refractivity contribution in [1.29, 1.82) is 0 Å². The van der Waals surface area contributed by atoms with Crippen molar-refractivity contribution >= 4 is 5.78 Å². The van der Waals surface area contributed by atoms with Crippen molar-refractivity contribution in [2.45, 2.75) is 46.3 Å². The van der Waals surface area contributed by atoms with E-state index in [1.165, 1.54) is 0 Å². The van der Waals surface area contributed by atoms with Gasteiger partial charge in [-0.3, -0.25) is 9.69 Å². The molecular formula is C16H26N2O2. The van der Waals surface area contributed by atoms with Gasteiger partial charge in [-0.15, -0.1) is 0 Å². The lowest BCUT2D eigenvalue weighted by Gasteiger charge is -2.34.